The van der Waals surface area contributed by atoms with E-state index in [1.165, 1.54) is 12.1 Å². The van der Waals surface area contributed by atoms with Crippen LogP contribution in [0.1, 0.15) is 35.0 Å². The Morgan fingerprint density at radius 3 is 2.94 bits per heavy atom. The number of nitrogens with one attached hydrogen (secondary N) is 1. The number of hydrogen-bond acceptors (Lipinski definition) is 5. The predicted octanol–water partition coefficient (Wildman–Crippen LogP) is 4.26. The quantitative estimate of drug-likeness (QED) is 0.538. The van der Waals surface area contributed by atoms with Crippen molar-refractivity contribution in [2.45, 2.75) is 26.0 Å². The molecule has 3 heterocycles. The van der Waals surface area contributed by atoms with Crippen molar-refractivity contribution in [3.63, 3.8) is 0 Å². The number of nitriles is 1. The van der Waals surface area contributed by atoms with Crippen molar-refractivity contribution in [3.05, 3.63) is 64.7 Å². The van der Waals surface area contributed by atoms with Crippen molar-refractivity contribution in [2.75, 3.05) is 13.7 Å². The van der Waals surface area contributed by atoms with Gasteiger partial charge in [-0.1, -0.05) is 6.07 Å². The molecule has 1 atom stereocenters. The molecule has 0 saturated heterocycles. The second kappa shape index (κ2) is 7.52. The maximum atomic E-state index is 13.6. The van der Waals surface area contributed by atoms with Crippen molar-refractivity contribution < 1.29 is 13.9 Å². The fraction of sp³-hybridized carbons (Fsp3) is 0.261. The molecule has 8 heteroatoms. The zero-order chi connectivity index (χ0) is 21.5. The average molecular weight is 417 g/mol. The van der Waals surface area contributed by atoms with E-state index in [1.54, 1.807) is 19.2 Å². The van der Waals surface area contributed by atoms with Crippen molar-refractivity contribution in [1.29, 1.82) is 5.26 Å². The molecule has 4 aromatic rings. The second-order valence-electron chi connectivity index (χ2n) is 7.52. The van der Waals surface area contributed by atoms with Crippen LogP contribution in [0.15, 0.2) is 36.4 Å². The van der Waals surface area contributed by atoms with Gasteiger partial charge in [0, 0.05) is 24.1 Å². The van der Waals surface area contributed by atoms with Gasteiger partial charge in [0.25, 0.3) is 0 Å². The third-order valence-corrected chi connectivity index (χ3v) is 5.57. The molecule has 0 amide bonds. The van der Waals surface area contributed by atoms with E-state index >= 15 is 0 Å². The highest BCUT2D eigenvalue weighted by atomic mass is 19.1. The Balaban J connectivity index is 1.61. The minimum atomic E-state index is -0.423. The van der Waals surface area contributed by atoms with Crippen LogP contribution in [0.5, 0.6) is 5.75 Å². The third-order valence-electron chi connectivity index (χ3n) is 5.57. The first-order valence-electron chi connectivity index (χ1n) is 10.0. The summed E-state index contributed by atoms with van der Waals surface area (Å²) in [7, 11) is 1.55. The summed E-state index contributed by atoms with van der Waals surface area (Å²) in [6, 6.07) is 12.3. The molecule has 0 aliphatic carbocycles. The Morgan fingerprint density at radius 2 is 2.16 bits per heavy atom. The van der Waals surface area contributed by atoms with E-state index < -0.39 is 6.10 Å². The number of fused-ring (bicyclic) bond motifs is 2. The van der Waals surface area contributed by atoms with Gasteiger partial charge in [0.1, 0.15) is 23.7 Å². The highest BCUT2D eigenvalue weighted by Gasteiger charge is 2.27. The first-order valence-corrected chi connectivity index (χ1v) is 10.0. The van der Waals surface area contributed by atoms with Gasteiger partial charge in [0.2, 0.25) is 0 Å². The van der Waals surface area contributed by atoms with E-state index in [4.69, 9.17) is 19.6 Å². The van der Waals surface area contributed by atoms with Gasteiger partial charge in [0.15, 0.2) is 11.6 Å². The van der Waals surface area contributed by atoms with Crippen molar-refractivity contribution in [2.24, 2.45) is 0 Å². The summed E-state index contributed by atoms with van der Waals surface area (Å²) in [5.74, 6) is 1.46. The summed E-state index contributed by atoms with van der Waals surface area (Å²) in [5.41, 5.74) is 3.70. The van der Waals surface area contributed by atoms with Crippen molar-refractivity contribution >= 4 is 10.9 Å². The van der Waals surface area contributed by atoms with E-state index in [-0.39, 0.29) is 5.82 Å². The van der Waals surface area contributed by atoms with Gasteiger partial charge in [-0.3, -0.25) is 0 Å². The SMILES string of the molecule is COc1c(C#N)ccc2[nH]c(-c3nc4n(n3)CCCOC4c3ccc(F)cc3C)cc12. The molecule has 1 aliphatic rings. The number of halogens is 1. The van der Waals surface area contributed by atoms with Gasteiger partial charge in [-0.05, 0) is 54.8 Å². The normalized spacial score (nSPS) is 16.0. The highest BCUT2D eigenvalue weighted by molar-refractivity contribution is 5.92. The number of ether oxygens (including phenoxy) is 2. The van der Waals surface area contributed by atoms with Crippen LogP contribution in [0.2, 0.25) is 0 Å². The molecular formula is C23H20FN5O2. The lowest BCUT2D eigenvalue weighted by atomic mass is 10.0. The Hall–Kier alpha value is -3.70. The first-order chi connectivity index (χ1) is 15.1. The number of rotatable bonds is 3. The number of aryl methyl sites for hydroxylation is 2. The maximum absolute atomic E-state index is 13.6. The maximum Gasteiger partial charge on any atom is 0.197 e. The van der Waals surface area contributed by atoms with Crippen LogP contribution in [-0.4, -0.2) is 33.5 Å². The van der Waals surface area contributed by atoms with Gasteiger partial charge in [-0.15, -0.1) is 5.10 Å². The average Bonchev–Trinajstić information content (AvgIpc) is 3.33. The van der Waals surface area contributed by atoms with E-state index in [1.807, 2.05) is 23.7 Å². The van der Waals surface area contributed by atoms with E-state index in [9.17, 15) is 9.65 Å². The van der Waals surface area contributed by atoms with Crippen LogP contribution in [0.25, 0.3) is 22.4 Å². The fourth-order valence-corrected chi connectivity index (χ4v) is 4.08. The summed E-state index contributed by atoms with van der Waals surface area (Å²) in [4.78, 5) is 8.11. The molecule has 0 bridgehead atoms. The molecule has 0 spiro atoms. The summed E-state index contributed by atoms with van der Waals surface area (Å²) >= 11 is 0. The number of aromatic amines is 1. The minimum absolute atomic E-state index is 0.277. The lowest BCUT2D eigenvalue weighted by Crippen LogP contribution is -2.11. The van der Waals surface area contributed by atoms with Gasteiger partial charge >= 0.3 is 0 Å². The van der Waals surface area contributed by atoms with Gasteiger partial charge in [-0.25, -0.2) is 14.1 Å². The number of aromatic nitrogens is 4. The Labute approximate surface area is 178 Å². The molecule has 7 nitrogen and oxygen atoms in total. The summed E-state index contributed by atoms with van der Waals surface area (Å²) in [6.45, 7) is 3.12. The Kier molecular flexibility index (Phi) is 4.68. The largest absolute Gasteiger partial charge is 0.495 e. The van der Waals surface area contributed by atoms with Crippen LogP contribution in [0, 0.1) is 24.1 Å². The number of H-pyrrole nitrogens is 1. The van der Waals surface area contributed by atoms with Crippen LogP contribution in [-0.2, 0) is 11.3 Å². The van der Waals surface area contributed by atoms with Crippen LogP contribution >= 0.6 is 0 Å². The monoisotopic (exact) mass is 417 g/mol. The molecule has 1 unspecified atom stereocenters. The van der Waals surface area contributed by atoms with E-state index in [0.717, 1.165) is 34.1 Å². The van der Waals surface area contributed by atoms with Gasteiger partial charge < -0.3 is 14.5 Å². The Morgan fingerprint density at radius 1 is 1.29 bits per heavy atom. The second-order valence-corrected chi connectivity index (χ2v) is 7.52. The van der Waals surface area contributed by atoms with Crippen LogP contribution in [0.3, 0.4) is 0 Å². The lowest BCUT2D eigenvalue weighted by Gasteiger charge is -2.17. The fourth-order valence-electron chi connectivity index (χ4n) is 4.08. The van der Waals surface area contributed by atoms with Crippen LogP contribution in [0.4, 0.5) is 4.39 Å². The topological polar surface area (TPSA) is 88.8 Å². The minimum Gasteiger partial charge on any atom is -0.495 e. The summed E-state index contributed by atoms with van der Waals surface area (Å²) in [5, 5.41) is 14.8. The molecule has 156 valence electrons. The van der Waals surface area contributed by atoms with Crippen LogP contribution < -0.4 is 4.74 Å². The summed E-state index contributed by atoms with van der Waals surface area (Å²) in [6.07, 6.45) is 0.381. The van der Waals surface area contributed by atoms with Crippen molar-refractivity contribution in [1.82, 2.24) is 19.7 Å². The number of methoxy groups -OCH3 is 1. The highest BCUT2D eigenvalue weighted by Crippen LogP contribution is 2.34. The number of hydrogen-bond donors (Lipinski definition) is 1. The third kappa shape index (κ3) is 3.23. The molecule has 1 N–H and O–H groups in total. The predicted molar refractivity (Wildman–Crippen MR) is 112 cm³/mol. The molecule has 2 aromatic carbocycles. The molecule has 2 aromatic heterocycles. The van der Waals surface area contributed by atoms with E-state index in [2.05, 4.69) is 11.1 Å². The van der Waals surface area contributed by atoms with Crippen molar-refractivity contribution in [3.8, 4) is 23.3 Å². The number of nitrogens with zero attached hydrogens (tertiary/aromatic N) is 4. The van der Waals surface area contributed by atoms with Gasteiger partial charge in [-0.2, -0.15) is 5.26 Å². The molecule has 1 aliphatic heterocycles. The molecule has 0 fully saturated rings. The lowest BCUT2D eigenvalue weighted by molar-refractivity contribution is 0.0808. The zero-order valence-corrected chi connectivity index (χ0v) is 17.1. The molecule has 5 rings (SSSR count). The zero-order valence-electron chi connectivity index (χ0n) is 17.1. The standard InChI is InChI=1S/C23H20FN5O2/c1-13-10-15(24)5-6-16(13)21-23-27-22(28-29(23)8-3-9-31-21)19-11-17-18(26-19)7-4-14(12-25)20(17)30-2/h4-7,10-11,21,26H,3,8-9H2,1-2H3. The Bertz CT molecular complexity index is 1330. The molecule has 0 saturated carbocycles. The molecule has 0 radical (unpaired) electrons. The van der Waals surface area contributed by atoms with Gasteiger partial charge in [0.05, 0.1) is 18.4 Å². The summed E-state index contributed by atoms with van der Waals surface area (Å²) < 4.78 is 27.0. The first kappa shape index (κ1) is 19.3. The number of benzene rings is 2. The van der Waals surface area contributed by atoms with E-state index in [0.29, 0.717) is 36.1 Å². The smallest absolute Gasteiger partial charge is 0.197 e. The molecule has 31 heavy (non-hydrogen) atoms. The molecular weight excluding hydrogens is 397 g/mol.